The molecule has 0 unspecified atom stereocenters. The van der Waals surface area contributed by atoms with E-state index in [9.17, 15) is 0 Å². The molecule has 0 aliphatic carbocycles. The highest BCUT2D eigenvalue weighted by Gasteiger charge is 2.31. The van der Waals surface area contributed by atoms with Gasteiger partial charge in [0.05, 0.1) is 0 Å². The van der Waals surface area contributed by atoms with Gasteiger partial charge in [-0.1, -0.05) is 59.2 Å². The third-order valence-electron chi connectivity index (χ3n) is 5.35. The maximum atomic E-state index is 2.43. The highest BCUT2D eigenvalue weighted by Crippen LogP contribution is 2.37. The second-order valence-corrected chi connectivity index (χ2v) is 8.90. The fraction of sp³-hybridized carbons (Fsp3) is 0.522. The summed E-state index contributed by atoms with van der Waals surface area (Å²) in [5, 5.41) is 0. The first kappa shape index (κ1) is 18.7. The van der Waals surface area contributed by atoms with Crippen molar-refractivity contribution in [3.63, 3.8) is 0 Å². The van der Waals surface area contributed by atoms with Crippen molar-refractivity contribution in [1.82, 2.24) is 0 Å². The molecule has 0 bridgehead atoms. The van der Waals surface area contributed by atoms with E-state index in [1.807, 2.05) is 0 Å². The van der Waals surface area contributed by atoms with Crippen LogP contribution in [0.4, 0.5) is 0 Å². The van der Waals surface area contributed by atoms with Gasteiger partial charge in [-0.15, -0.1) is 0 Å². The predicted octanol–water partition coefficient (Wildman–Crippen LogP) is 5.78. The largest absolute Gasteiger partial charge is 0.212 e. The van der Waals surface area contributed by atoms with Crippen LogP contribution in [-0.4, -0.2) is 0 Å². The number of pyridine rings is 1. The highest BCUT2D eigenvalue weighted by atomic mass is 14.9. The normalized spacial score (nSPS) is 12.5. The van der Waals surface area contributed by atoms with Gasteiger partial charge in [0.2, 0.25) is 5.69 Å². The van der Waals surface area contributed by atoms with Crippen molar-refractivity contribution >= 4 is 0 Å². The quantitative estimate of drug-likeness (QED) is 0.630. The Morgan fingerprint density at radius 1 is 0.917 bits per heavy atom. The van der Waals surface area contributed by atoms with E-state index in [0.717, 1.165) is 6.42 Å². The minimum absolute atomic E-state index is 0.139. The number of hydrogen-bond donors (Lipinski definition) is 0. The van der Waals surface area contributed by atoms with Gasteiger partial charge in [-0.05, 0) is 48.3 Å². The molecule has 0 radical (unpaired) electrons. The second kappa shape index (κ2) is 6.35. The van der Waals surface area contributed by atoms with Crippen LogP contribution >= 0.6 is 0 Å². The van der Waals surface area contributed by atoms with Gasteiger partial charge in [0.25, 0.3) is 0 Å². The molecular formula is C23H34N+. The van der Waals surface area contributed by atoms with Crippen LogP contribution in [0.1, 0.15) is 70.2 Å². The molecule has 1 aromatic heterocycles. The smallest absolute Gasteiger partial charge is 0.201 e. The number of aromatic nitrogens is 1. The molecule has 0 aliphatic rings. The zero-order valence-electron chi connectivity index (χ0n) is 17.0. The Balaban J connectivity index is 2.78. The van der Waals surface area contributed by atoms with Crippen LogP contribution in [0, 0.1) is 13.8 Å². The van der Waals surface area contributed by atoms with Crippen molar-refractivity contribution in [2.45, 2.75) is 72.6 Å². The number of aryl methyl sites for hydroxylation is 3. The summed E-state index contributed by atoms with van der Waals surface area (Å²) in [4.78, 5) is 0. The molecule has 0 atom stereocenters. The average molecular weight is 325 g/mol. The summed E-state index contributed by atoms with van der Waals surface area (Å²) in [6.45, 7) is 18.3. The molecule has 1 heteroatoms. The summed E-state index contributed by atoms with van der Waals surface area (Å²) in [5.41, 5.74) is 8.53. The predicted molar refractivity (Wildman–Crippen MR) is 105 cm³/mol. The van der Waals surface area contributed by atoms with Gasteiger partial charge in [0, 0.05) is 17.2 Å². The molecular weight excluding hydrogens is 290 g/mol. The molecule has 130 valence electrons. The Bertz CT molecular complexity index is 745. The Morgan fingerprint density at radius 3 is 2.04 bits per heavy atom. The minimum atomic E-state index is 0.139. The lowest BCUT2D eigenvalue weighted by atomic mass is 9.73. The van der Waals surface area contributed by atoms with Crippen molar-refractivity contribution in [3.8, 4) is 11.3 Å². The fourth-order valence-electron chi connectivity index (χ4n) is 3.37. The maximum Gasteiger partial charge on any atom is 0.212 e. The number of benzene rings is 1. The van der Waals surface area contributed by atoms with Crippen LogP contribution in [0.3, 0.4) is 0 Å². The van der Waals surface area contributed by atoms with Crippen molar-refractivity contribution in [2.24, 2.45) is 7.05 Å². The molecule has 1 heterocycles. The molecule has 1 aromatic carbocycles. The molecule has 0 spiro atoms. The number of hydrogen-bond acceptors (Lipinski definition) is 0. The van der Waals surface area contributed by atoms with Crippen molar-refractivity contribution < 1.29 is 4.57 Å². The van der Waals surface area contributed by atoms with Crippen LogP contribution in [0.15, 0.2) is 30.5 Å². The monoisotopic (exact) mass is 324 g/mol. The third-order valence-corrected chi connectivity index (χ3v) is 5.35. The van der Waals surface area contributed by atoms with Gasteiger partial charge in [0.15, 0.2) is 6.20 Å². The SMILES string of the molecule is CCC(C)(C)c1cc(-c2ccc(C)cc2C)[n+](C)cc1C(C)(C)C. The first-order valence-electron chi connectivity index (χ1n) is 9.09. The summed E-state index contributed by atoms with van der Waals surface area (Å²) in [6, 6.07) is 9.18. The van der Waals surface area contributed by atoms with E-state index in [2.05, 4.69) is 97.5 Å². The van der Waals surface area contributed by atoms with E-state index >= 15 is 0 Å². The zero-order valence-corrected chi connectivity index (χ0v) is 17.0. The van der Waals surface area contributed by atoms with Crippen LogP contribution in [0.5, 0.6) is 0 Å². The minimum Gasteiger partial charge on any atom is -0.201 e. The van der Waals surface area contributed by atoms with E-state index in [1.165, 1.54) is 33.5 Å². The first-order valence-corrected chi connectivity index (χ1v) is 9.09. The molecule has 0 aliphatic heterocycles. The molecule has 2 aromatic rings. The fourth-order valence-corrected chi connectivity index (χ4v) is 3.37. The van der Waals surface area contributed by atoms with Crippen LogP contribution in [0.25, 0.3) is 11.3 Å². The molecule has 0 saturated heterocycles. The van der Waals surface area contributed by atoms with Crippen molar-refractivity contribution in [3.05, 3.63) is 52.7 Å². The Labute approximate surface area is 148 Å². The molecule has 0 N–H and O–H groups in total. The van der Waals surface area contributed by atoms with Gasteiger partial charge in [0.1, 0.15) is 7.05 Å². The highest BCUT2D eigenvalue weighted by molar-refractivity contribution is 5.63. The molecule has 0 amide bonds. The Morgan fingerprint density at radius 2 is 1.54 bits per heavy atom. The lowest BCUT2D eigenvalue weighted by molar-refractivity contribution is -0.661. The summed E-state index contributed by atoms with van der Waals surface area (Å²) in [5.74, 6) is 0. The van der Waals surface area contributed by atoms with Gasteiger partial charge in [-0.3, -0.25) is 0 Å². The standard InChI is InChI=1S/C23H34N/c1-10-23(7,8)19-14-21(18-12-11-16(2)13-17(18)3)24(9)15-20(19)22(4,5)6/h11-15H,10H2,1-9H3/q+1. The van der Waals surface area contributed by atoms with Gasteiger partial charge in [-0.25, -0.2) is 4.57 Å². The Kier molecular flexibility index (Phi) is 4.95. The van der Waals surface area contributed by atoms with Crippen LogP contribution < -0.4 is 4.57 Å². The zero-order chi connectivity index (χ0) is 18.3. The number of nitrogens with zero attached hydrogens (tertiary/aromatic N) is 1. The summed E-state index contributed by atoms with van der Waals surface area (Å²) < 4.78 is 2.30. The third kappa shape index (κ3) is 3.55. The van der Waals surface area contributed by atoms with E-state index in [-0.39, 0.29) is 10.8 Å². The van der Waals surface area contributed by atoms with Crippen molar-refractivity contribution in [2.75, 3.05) is 0 Å². The summed E-state index contributed by atoms with van der Waals surface area (Å²) in [7, 11) is 2.17. The topological polar surface area (TPSA) is 3.88 Å². The van der Waals surface area contributed by atoms with E-state index in [1.54, 1.807) is 0 Å². The van der Waals surface area contributed by atoms with Crippen molar-refractivity contribution in [1.29, 1.82) is 0 Å². The van der Waals surface area contributed by atoms with Crippen LogP contribution in [-0.2, 0) is 17.9 Å². The van der Waals surface area contributed by atoms with E-state index in [0.29, 0.717) is 0 Å². The van der Waals surface area contributed by atoms with E-state index in [4.69, 9.17) is 0 Å². The van der Waals surface area contributed by atoms with Gasteiger partial charge in [-0.2, -0.15) is 0 Å². The number of rotatable bonds is 3. The van der Waals surface area contributed by atoms with E-state index < -0.39 is 0 Å². The first-order chi connectivity index (χ1) is 11.0. The molecule has 0 saturated carbocycles. The molecule has 2 rings (SSSR count). The Hall–Kier alpha value is -1.63. The summed E-state index contributed by atoms with van der Waals surface area (Å²) in [6.07, 6.45) is 3.48. The molecule has 1 nitrogen and oxygen atoms in total. The average Bonchev–Trinajstić information content (AvgIpc) is 2.46. The molecule has 0 fully saturated rings. The maximum absolute atomic E-state index is 2.43. The lowest BCUT2D eigenvalue weighted by Crippen LogP contribution is -2.36. The lowest BCUT2D eigenvalue weighted by Gasteiger charge is -2.31. The summed E-state index contributed by atoms with van der Waals surface area (Å²) >= 11 is 0. The molecule has 24 heavy (non-hydrogen) atoms. The second-order valence-electron chi connectivity index (χ2n) is 8.90. The van der Waals surface area contributed by atoms with Gasteiger partial charge < -0.3 is 0 Å². The van der Waals surface area contributed by atoms with Crippen LogP contribution in [0.2, 0.25) is 0 Å². The van der Waals surface area contributed by atoms with Gasteiger partial charge >= 0.3 is 0 Å².